The highest BCUT2D eigenvalue weighted by atomic mass is 16.3. The topological polar surface area (TPSA) is 89.3 Å². The maximum absolute atomic E-state index is 10.3. The summed E-state index contributed by atoms with van der Waals surface area (Å²) >= 11 is 0. The highest BCUT2D eigenvalue weighted by molar-refractivity contribution is 5.91. The normalized spacial score (nSPS) is 20.9. The van der Waals surface area contributed by atoms with E-state index >= 15 is 0 Å². The van der Waals surface area contributed by atoms with Gasteiger partial charge >= 0.3 is 0 Å². The van der Waals surface area contributed by atoms with Crippen LogP contribution in [0.25, 0.3) is 38.9 Å². The number of pyridine rings is 1. The van der Waals surface area contributed by atoms with Crippen molar-refractivity contribution in [1.82, 2.24) is 19.4 Å². The average Bonchev–Trinajstić information content (AvgIpc) is 3.21. The number of aromatic nitrogens is 4. The fourth-order valence-electron chi connectivity index (χ4n) is 4.72. The second-order valence-electron chi connectivity index (χ2n) is 8.85. The lowest BCUT2D eigenvalue weighted by Gasteiger charge is -2.40. The van der Waals surface area contributed by atoms with E-state index in [1.54, 1.807) is 4.40 Å². The minimum absolute atomic E-state index is 0.0652. The van der Waals surface area contributed by atoms with Crippen molar-refractivity contribution in [2.24, 2.45) is 0 Å². The van der Waals surface area contributed by atoms with Crippen LogP contribution in [0.15, 0.2) is 73.0 Å². The first-order chi connectivity index (χ1) is 15.9. The van der Waals surface area contributed by atoms with Gasteiger partial charge in [0.1, 0.15) is 22.9 Å². The van der Waals surface area contributed by atoms with Gasteiger partial charge in [-0.2, -0.15) is 0 Å². The maximum atomic E-state index is 10.3. The van der Waals surface area contributed by atoms with Crippen LogP contribution < -0.4 is 5.73 Å². The molecule has 0 bridgehead atoms. The molecule has 6 heteroatoms. The fourth-order valence-corrected chi connectivity index (χ4v) is 4.72. The number of anilines is 1. The largest absolute Gasteiger partial charge is 0.390 e. The molecule has 6 nitrogen and oxygen atoms in total. The van der Waals surface area contributed by atoms with Gasteiger partial charge in [-0.3, -0.25) is 4.40 Å². The predicted molar refractivity (Wildman–Crippen MR) is 126 cm³/mol. The van der Waals surface area contributed by atoms with E-state index in [2.05, 4.69) is 11.1 Å². The molecule has 0 amide bonds. The summed E-state index contributed by atoms with van der Waals surface area (Å²) in [6.07, 6.45) is 2.88. The molecule has 6 rings (SSSR count). The molecule has 0 aliphatic heterocycles. The lowest BCUT2D eigenvalue weighted by Crippen LogP contribution is -2.40. The molecule has 1 aliphatic carbocycles. The molecule has 3 N–H and O–H groups in total. The number of imidazole rings is 1. The van der Waals surface area contributed by atoms with Crippen LogP contribution in [-0.4, -0.2) is 30.1 Å². The van der Waals surface area contributed by atoms with Crippen molar-refractivity contribution in [2.45, 2.75) is 31.3 Å². The number of hydrogen-bond acceptors (Lipinski definition) is 5. The SMILES string of the molecule is [2H]c1cnc(N)c2c(-c3ccc4ccc(-c5ccccc5)nc4c3)nc([C@H]3C[C@@](C)(O)C3)n12. The molecule has 1 saturated carbocycles. The predicted octanol–water partition coefficient (Wildman–Crippen LogP) is 4.82. The van der Waals surface area contributed by atoms with E-state index in [0.29, 0.717) is 29.9 Å². The maximum Gasteiger partial charge on any atom is 0.150 e. The van der Waals surface area contributed by atoms with Gasteiger partial charge in [-0.05, 0) is 31.9 Å². The van der Waals surface area contributed by atoms with Gasteiger partial charge in [0.15, 0.2) is 0 Å². The number of rotatable bonds is 3. The molecule has 1 fully saturated rings. The molecule has 32 heavy (non-hydrogen) atoms. The smallest absolute Gasteiger partial charge is 0.150 e. The van der Waals surface area contributed by atoms with Crippen LogP contribution in [0.1, 0.15) is 32.9 Å². The first kappa shape index (κ1) is 17.9. The summed E-state index contributed by atoms with van der Waals surface area (Å²) in [5.74, 6) is 1.14. The molecule has 0 radical (unpaired) electrons. The van der Waals surface area contributed by atoms with E-state index < -0.39 is 5.60 Å². The second-order valence-corrected chi connectivity index (χ2v) is 8.85. The van der Waals surface area contributed by atoms with Gasteiger partial charge in [0.25, 0.3) is 0 Å². The third-order valence-electron chi connectivity index (χ3n) is 6.31. The van der Waals surface area contributed by atoms with Crippen molar-refractivity contribution in [3.8, 4) is 22.5 Å². The summed E-state index contributed by atoms with van der Waals surface area (Å²) in [4.78, 5) is 14.0. The Hall–Kier alpha value is -3.77. The minimum Gasteiger partial charge on any atom is -0.390 e. The van der Waals surface area contributed by atoms with E-state index in [-0.39, 0.29) is 12.1 Å². The second kappa shape index (κ2) is 6.87. The van der Waals surface area contributed by atoms with Crippen molar-refractivity contribution in [1.29, 1.82) is 0 Å². The van der Waals surface area contributed by atoms with E-state index in [1.807, 2.05) is 61.5 Å². The zero-order valence-corrected chi connectivity index (χ0v) is 17.7. The Morgan fingerprint density at radius 3 is 2.62 bits per heavy atom. The third kappa shape index (κ3) is 3.03. The Bertz CT molecular complexity index is 1520. The summed E-state index contributed by atoms with van der Waals surface area (Å²) in [5.41, 5.74) is 10.6. The summed E-state index contributed by atoms with van der Waals surface area (Å²) < 4.78 is 10.2. The molecule has 2 aromatic carbocycles. The highest BCUT2D eigenvalue weighted by Gasteiger charge is 2.41. The molecule has 0 spiro atoms. The van der Waals surface area contributed by atoms with E-state index in [4.69, 9.17) is 17.1 Å². The zero-order chi connectivity index (χ0) is 22.7. The molecule has 0 atom stereocenters. The lowest BCUT2D eigenvalue weighted by atomic mass is 9.72. The third-order valence-corrected chi connectivity index (χ3v) is 6.31. The Kier molecular flexibility index (Phi) is 3.83. The van der Waals surface area contributed by atoms with Crippen LogP contribution in [0.4, 0.5) is 5.82 Å². The summed E-state index contributed by atoms with van der Waals surface area (Å²) in [6.45, 7) is 1.83. The quantitative estimate of drug-likeness (QED) is 0.435. The molecule has 0 unspecified atom stereocenters. The van der Waals surface area contributed by atoms with Crippen LogP contribution in [0.5, 0.6) is 0 Å². The van der Waals surface area contributed by atoms with Crippen LogP contribution >= 0.6 is 0 Å². The number of fused-ring (bicyclic) bond motifs is 2. The number of nitrogens with zero attached hydrogens (tertiary/aromatic N) is 4. The Balaban J connectivity index is 1.53. The van der Waals surface area contributed by atoms with E-state index in [0.717, 1.165) is 33.5 Å². The standard InChI is InChI=1S/C26H23N5O/c1-26(32)14-19(15-26)25-30-22(23-24(27)28-11-12-31(23)25)18-8-7-17-9-10-20(29-21(17)13-18)16-5-3-2-4-6-16/h2-13,19,32H,14-15H2,1H3,(H2,27,28)/t19-,26+/i12D. The Morgan fingerprint density at radius 1 is 1.06 bits per heavy atom. The minimum atomic E-state index is -0.696. The van der Waals surface area contributed by atoms with E-state index in [9.17, 15) is 5.11 Å². The van der Waals surface area contributed by atoms with Crippen molar-refractivity contribution in [2.75, 3.05) is 5.73 Å². The average molecular weight is 423 g/mol. The van der Waals surface area contributed by atoms with Crippen molar-refractivity contribution in [3.63, 3.8) is 0 Å². The number of aliphatic hydroxyl groups is 1. The molecule has 0 saturated heterocycles. The lowest BCUT2D eigenvalue weighted by molar-refractivity contribution is -0.0335. The summed E-state index contributed by atoms with van der Waals surface area (Å²) in [7, 11) is 0. The summed E-state index contributed by atoms with van der Waals surface area (Å²) in [5, 5.41) is 11.3. The number of nitrogen functional groups attached to an aromatic ring is 1. The van der Waals surface area contributed by atoms with Crippen LogP contribution in [0, 0.1) is 0 Å². The van der Waals surface area contributed by atoms with Crippen molar-refractivity contribution < 1.29 is 6.48 Å². The number of benzene rings is 2. The Labute approximate surface area is 186 Å². The van der Waals surface area contributed by atoms with Gasteiger partial charge < -0.3 is 10.8 Å². The monoisotopic (exact) mass is 422 g/mol. The fraction of sp³-hybridized carbons (Fsp3) is 0.192. The van der Waals surface area contributed by atoms with Gasteiger partial charge in [-0.25, -0.2) is 15.0 Å². The highest BCUT2D eigenvalue weighted by Crippen LogP contribution is 2.45. The van der Waals surface area contributed by atoms with Crippen LogP contribution in [-0.2, 0) is 0 Å². The zero-order valence-electron chi connectivity index (χ0n) is 18.7. The number of hydrogen-bond donors (Lipinski definition) is 2. The molecule has 5 aromatic rings. The van der Waals surface area contributed by atoms with Gasteiger partial charge in [0.2, 0.25) is 0 Å². The Morgan fingerprint density at radius 2 is 1.84 bits per heavy atom. The molecular formula is C26H23N5O. The molecule has 3 heterocycles. The summed E-state index contributed by atoms with van der Waals surface area (Å²) in [6, 6.07) is 20.2. The van der Waals surface area contributed by atoms with E-state index in [1.165, 1.54) is 6.20 Å². The van der Waals surface area contributed by atoms with Gasteiger partial charge in [-0.15, -0.1) is 0 Å². The molecule has 1 aliphatic rings. The van der Waals surface area contributed by atoms with Crippen molar-refractivity contribution >= 4 is 22.2 Å². The van der Waals surface area contributed by atoms with Gasteiger partial charge in [0.05, 0.1) is 18.2 Å². The molecule has 158 valence electrons. The van der Waals surface area contributed by atoms with Gasteiger partial charge in [0, 0.05) is 34.8 Å². The van der Waals surface area contributed by atoms with Gasteiger partial charge in [-0.1, -0.05) is 48.5 Å². The van der Waals surface area contributed by atoms with Crippen molar-refractivity contribution in [3.05, 3.63) is 78.9 Å². The van der Waals surface area contributed by atoms with Crippen LogP contribution in [0.3, 0.4) is 0 Å². The number of nitrogens with two attached hydrogens (primary N) is 1. The molecular weight excluding hydrogens is 398 g/mol. The first-order valence-electron chi connectivity index (χ1n) is 11.2. The van der Waals surface area contributed by atoms with Crippen LogP contribution in [0.2, 0.25) is 0 Å². The first-order valence-corrected chi connectivity index (χ1v) is 10.7. The molecule has 3 aromatic heterocycles.